The van der Waals surface area contributed by atoms with Crippen LogP contribution in [0, 0.1) is 15.9 Å². The van der Waals surface area contributed by atoms with Crippen LogP contribution >= 0.6 is 11.3 Å². The van der Waals surface area contributed by atoms with E-state index < -0.39 is 16.7 Å². The van der Waals surface area contributed by atoms with Crippen LogP contribution in [0.2, 0.25) is 0 Å². The van der Waals surface area contributed by atoms with Crippen molar-refractivity contribution in [3.63, 3.8) is 0 Å². The first kappa shape index (κ1) is 21.1. The number of nitrogens with one attached hydrogen (secondary N) is 2. The third-order valence-corrected chi connectivity index (χ3v) is 5.29. The minimum absolute atomic E-state index is 0.145. The summed E-state index contributed by atoms with van der Waals surface area (Å²) in [5, 5.41) is 21.9. The van der Waals surface area contributed by atoms with Gasteiger partial charge in [-0.1, -0.05) is 18.2 Å². The maximum atomic E-state index is 13.5. The summed E-state index contributed by atoms with van der Waals surface area (Å²) < 4.78 is 15.1. The number of halogens is 1. The molecule has 0 saturated carbocycles. The van der Waals surface area contributed by atoms with Crippen LogP contribution in [0.5, 0.6) is 0 Å². The van der Waals surface area contributed by atoms with Crippen LogP contribution in [0.4, 0.5) is 15.8 Å². The van der Waals surface area contributed by atoms with Gasteiger partial charge < -0.3 is 10.6 Å². The first-order valence-electron chi connectivity index (χ1n) is 9.33. The first-order chi connectivity index (χ1) is 15.4. The monoisotopic (exact) mass is 454 g/mol. The van der Waals surface area contributed by atoms with E-state index in [4.69, 9.17) is 0 Å². The van der Waals surface area contributed by atoms with E-state index in [2.05, 4.69) is 20.7 Å². The summed E-state index contributed by atoms with van der Waals surface area (Å²) in [6, 6.07) is 11.3. The molecule has 0 spiro atoms. The fourth-order valence-corrected chi connectivity index (χ4v) is 3.77. The molecule has 0 aliphatic carbocycles. The number of amides is 2. The number of carbonyl (C=O) groups excluding carboxylic acids is 2. The zero-order valence-electron chi connectivity index (χ0n) is 16.3. The summed E-state index contributed by atoms with van der Waals surface area (Å²) in [4.78, 5) is 39.3. The molecule has 162 valence electrons. The van der Waals surface area contributed by atoms with Crippen molar-refractivity contribution in [2.45, 2.75) is 6.42 Å². The Morgan fingerprint density at radius 2 is 1.97 bits per heavy atom. The zero-order valence-corrected chi connectivity index (χ0v) is 17.1. The number of nitrogens with zero attached hydrogens (tertiary/aromatic N) is 4. The lowest BCUT2D eigenvalue weighted by atomic mass is 10.2. The highest BCUT2D eigenvalue weighted by molar-refractivity contribution is 7.15. The minimum atomic E-state index is -0.935. The highest BCUT2D eigenvalue weighted by atomic mass is 32.1. The third kappa shape index (κ3) is 4.59. The Hall–Kier alpha value is -4.19. The largest absolute Gasteiger partial charge is 0.347 e. The quantitative estimate of drug-likeness (QED) is 0.262. The van der Waals surface area contributed by atoms with E-state index in [1.54, 1.807) is 16.6 Å². The van der Waals surface area contributed by atoms with Gasteiger partial charge in [-0.25, -0.2) is 8.91 Å². The topological polar surface area (TPSA) is 132 Å². The van der Waals surface area contributed by atoms with Crippen molar-refractivity contribution in [3.8, 4) is 11.4 Å². The highest BCUT2D eigenvalue weighted by Crippen LogP contribution is 2.21. The molecule has 0 bridgehead atoms. The molecule has 2 heterocycles. The number of rotatable bonds is 6. The molecular weight excluding hydrogens is 439 g/mol. The van der Waals surface area contributed by atoms with Crippen LogP contribution in [-0.4, -0.2) is 37.9 Å². The van der Waals surface area contributed by atoms with Gasteiger partial charge in [0.25, 0.3) is 5.69 Å². The van der Waals surface area contributed by atoms with Crippen molar-refractivity contribution in [3.05, 3.63) is 75.5 Å². The molecule has 4 rings (SSSR count). The van der Waals surface area contributed by atoms with Gasteiger partial charge in [-0.3, -0.25) is 19.7 Å². The SMILES string of the molecule is O=C(NCCc1csc2nc(-c3cccc(F)c3)nn12)C(=O)Nc1cccc([N+](=O)[O-])c1. The number of hydrogen-bond acceptors (Lipinski definition) is 7. The number of nitro groups is 1. The van der Waals surface area contributed by atoms with Gasteiger partial charge in [-0.05, 0) is 18.2 Å². The second-order valence-electron chi connectivity index (χ2n) is 6.63. The van der Waals surface area contributed by atoms with Crippen molar-refractivity contribution in [2.24, 2.45) is 0 Å². The molecule has 0 atom stereocenters. The van der Waals surface area contributed by atoms with E-state index in [1.165, 1.54) is 41.7 Å². The zero-order chi connectivity index (χ0) is 22.7. The van der Waals surface area contributed by atoms with Gasteiger partial charge in [-0.2, -0.15) is 4.98 Å². The van der Waals surface area contributed by atoms with Gasteiger partial charge in [0.15, 0.2) is 5.82 Å². The molecule has 0 fully saturated rings. The second-order valence-corrected chi connectivity index (χ2v) is 7.47. The van der Waals surface area contributed by atoms with Crippen molar-refractivity contribution in [1.82, 2.24) is 19.9 Å². The molecule has 0 aliphatic rings. The molecule has 2 amide bonds. The summed E-state index contributed by atoms with van der Waals surface area (Å²) in [6.07, 6.45) is 0.377. The maximum Gasteiger partial charge on any atom is 0.313 e. The number of carbonyl (C=O) groups is 2. The molecule has 2 N–H and O–H groups in total. The summed E-state index contributed by atoms with van der Waals surface area (Å²) in [5.74, 6) is -1.80. The van der Waals surface area contributed by atoms with Crippen LogP contribution in [-0.2, 0) is 16.0 Å². The maximum absolute atomic E-state index is 13.5. The average Bonchev–Trinajstić information content (AvgIpc) is 3.35. The van der Waals surface area contributed by atoms with Crippen molar-refractivity contribution in [1.29, 1.82) is 0 Å². The van der Waals surface area contributed by atoms with Crippen molar-refractivity contribution >= 4 is 39.5 Å². The lowest BCUT2D eigenvalue weighted by molar-refractivity contribution is -0.384. The van der Waals surface area contributed by atoms with Crippen molar-refractivity contribution < 1.29 is 18.9 Å². The van der Waals surface area contributed by atoms with Gasteiger partial charge in [0.2, 0.25) is 4.96 Å². The summed E-state index contributed by atoms with van der Waals surface area (Å²) >= 11 is 1.35. The molecule has 12 heteroatoms. The van der Waals surface area contributed by atoms with Gasteiger partial charge in [0, 0.05) is 41.7 Å². The molecule has 32 heavy (non-hydrogen) atoms. The third-order valence-electron chi connectivity index (χ3n) is 4.42. The molecule has 2 aromatic carbocycles. The van der Waals surface area contributed by atoms with Crippen LogP contribution in [0.25, 0.3) is 16.3 Å². The molecular formula is C20H15FN6O4S. The van der Waals surface area contributed by atoms with E-state index in [0.29, 0.717) is 22.8 Å². The van der Waals surface area contributed by atoms with E-state index in [0.717, 1.165) is 11.8 Å². The minimum Gasteiger partial charge on any atom is -0.347 e. The molecule has 0 unspecified atom stereocenters. The Morgan fingerprint density at radius 3 is 2.75 bits per heavy atom. The molecule has 0 aliphatic heterocycles. The molecule has 0 radical (unpaired) electrons. The summed E-state index contributed by atoms with van der Waals surface area (Å²) in [5.41, 5.74) is 1.26. The fourth-order valence-electron chi connectivity index (χ4n) is 2.92. The number of aromatic nitrogens is 3. The van der Waals surface area contributed by atoms with E-state index >= 15 is 0 Å². The number of hydrogen-bond donors (Lipinski definition) is 2. The second kappa shape index (κ2) is 8.89. The Bertz CT molecular complexity index is 1330. The number of fused-ring (bicyclic) bond motifs is 1. The van der Waals surface area contributed by atoms with Gasteiger partial charge in [0.1, 0.15) is 5.82 Å². The summed E-state index contributed by atoms with van der Waals surface area (Å²) in [6.45, 7) is 0.155. The predicted octanol–water partition coefficient (Wildman–Crippen LogP) is 2.80. The van der Waals surface area contributed by atoms with Gasteiger partial charge in [-0.15, -0.1) is 16.4 Å². The smallest absolute Gasteiger partial charge is 0.313 e. The first-order valence-corrected chi connectivity index (χ1v) is 10.2. The van der Waals surface area contributed by atoms with Crippen LogP contribution in [0.3, 0.4) is 0 Å². The van der Waals surface area contributed by atoms with Crippen LogP contribution in [0.15, 0.2) is 53.9 Å². The lowest BCUT2D eigenvalue weighted by Crippen LogP contribution is -2.36. The van der Waals surface area contributed by atoms with Crippen LogP contribution in [0.1, 0.15) is 5.69 Å². The Kier molecular flexibility index (Phi) is 5.85. The van der Waals surface area contributed by atoms with Gasteiger partial charge in [0.05, 0.1) is 10.6 Å². The number of benzene rings is 2. The molecule has 2 aromatic heterocycles. The Labute approximate surface area is 183 Å². The number of non-ortho nitro benzene ring substituents is 1. The van der Waals surface area contributed by atoms with E-state index in [9.17, 15) is 24.1 Å². The Morgan fingerprint density at radius 1 is 1.16 bits per heavy atom. The normalized spacial score (nSPS) is 10.8. The predicted molar refractivity (Wildman–Crippen MR) is 115 cm³/mol. The Balaban J connectivity index is 1.35. The number of nitro benzene ring substituents is 1. The lowest BCUT2D eigenvalue weighted by Gasteiger charge is -2.06. The number of thiazole rings is 1. The molecule has 0 saturated heterocycles. The van der Waals surface area contributed by atoms with Gasteiger partial charge >= 0.3 is 11.8 Å². The van der Waals surface area contributed by atoms with Crippen LogP contribution < -0.4 is 10.6 Å². The summed E-state index contributed by atoms with van der Waals surface area (Å²) in [7, 11) is 0. The fraction of sp³-hybridized carbons (Fsp3) is 0.100. The van der Waals surface area contributed by atoms with Crippen molar-refractivity contribution in [2.75, 3.05) is 11.9 Å². The number of anilines is 1. The van der Waals surface area contributed by atoms with E-state index in [-0.39, 0.29) is 23.7 Å². The standard InChI is InChI=1S/C20H15FN6O4S/c21-13-4-1-3-12(9-13)17-24-20-26(25-17)16(11-32-20)7-8-22-18(28)19(29)23-14-5-2-6-15(10-14)27(30)31/h1-6,9-11H,7-8H2,(H,22,28)(H,23,29). The molecule has 10 nitrogen and oxygen atoms in total. The molecule has 4 aromatic rings. The van der Waals surface area contributed by atoms with E-state index in [1.807, 2.05) is 5.38 Å². The average molecular weight is 454 g/mol. The highest BCUT2D eigenvalue weighted by Gasteiger charge is 2.16.